The molecule has 0 aliphatic carbocycles. The Hall–Kier alpha value is -1.18. The third-order valence-electron chi connectivity index (χ3n) is 3.31. The molecule has 2 heterocycles. The molecule has 20 heavy (non-hydrogen) atoms. The van der Waals surface area contributed by atoms with Crippen LogP contribution in [0.2, 0.25) is 0 Å². The summed E-state index contributed by atoms with van der Waals surface area (Å²) < 4.78 is 4.65. The Morgan fingerprint density at radius 2 is 2.40 bits per heavy atom. The molecule has 2 atom stereocenters. The number of anilines is 1. The van der Waals surface area contributed by atoms with Crippen molar-refractivity contribution in [3.63, 3.8) is 0 Å². The van der Waals surface area contributed by atoms with E-state index in [1.54, 1.807) is 0 Å². The number of aliphatic hydroxyl groups excluding tert-OH is 1. The molecule has 1 aliphatic rings. The number of nitrogens with zero attached hydrogens (tertiary/aromatic N) is 3. The van der Waals surface area contributed by atoms with Crippen molar-refractivity contribution in [3.05, 3.63) is 11.1 Å². The van der Waals surface area contributed by atoms with E-state index in [0.29, 0.717) is 6.54 Å². The number of carbonyl (C=O) groups is 1. The van der Waals surface area contributed by atoms with E-state index < -0.39 is 0 Å². The van der Waals surface area contributed by atoms with Gasteiger partial charge in [0.1, 0.15) is 0 Å². The monoisotopic (exact) mass is 299 g/mol. The maximum atomic E-state index is 11.3. The third kappa shape index (κ3) is 3.68. The lowest BCUT2D eigenvalue weighted by Gasteiger charge is -2.26. The highest BCUT2D eigenvalue weighted by Crippen LogP contribution is 2.29. The minimum absolute atomic E-state index is 0.196. The van der Waals surface area contributed by atoms with Crippen LogP contribution in [0.1, 0.15) is 12.1 Å². The van der Waals surface area contributed by atoms with Crippen molar-refractivity contribution in [2.75, 3.05) is 39.2 Å². The van der Waals surface area contributed by atoms with Crippen LogP contribution < -0.4 is 4.90 Å². The Kier molecular flexibility index (Phi) is 4.95. The van der Waals surface area contributed by atoms with Crippen molar-refractivity contribution in [1.29, 1.82) is 0 Å². The second kappa shape index (κ2) is 6.51. The largest absolute Gasteiger partial charge is 0.469 e. The van der Waals surface area contributed by atoms with Gasteiger partial charge in [0, 0.05) is 24.5 Å². The molecule has 7 heteroatoms. The Balaban J connectivity index is 2.07. The number of ether oxygens (including phenoxy) is 1. The molecule has 2 rings (SSSR count). The smallest absolute Gasteiger partial charge is 0.311 e. The van der Waals surface area contributed by atoms with Gasteiger partial charge in [-0.25, -0.2) is 4.98 Å². The van der Waals surface area contributed by atoms with Gasteiger partial charge in [-0.2, -0.15) is 0 Å². The number of aliphatic hydroxyl groups is 1. The second-order valence-electron chi connectivity index (χ2n) is 5.33. The summed E-state index contributed by atoms with van der Waals surface area (Å²) in [5.41, 5.74) is 0.724. The molecule has 1 N–H and O–H groups in total. The first-order valence-electron chi connectivity index (χ1n) is 6.60. The van der Waals surface area contributed by atoms with E-state index in [9.17, 15) is 9.90 Å². The maximum absolute atomic E-state index is 11.3. The molecule has 0 aromatic carbocycles. The zero-order chi connectivity index (χ0) is 14.7. The van der Waals surface area contributed by atoms with Crippen molar-refractivity contribution in [2.24, 2.45) is 0 Å². The number of carbonyl (C=O) groups excluding carboxylic acids is 1. The molecule has 1 fully saturated rings. The van der Waals surface area contributed by atoms with Crippen LogP contribution in [0.3, 0.4) is 0 Å². The van der Waals surface area contributed by atoms with Gasteiger partial charge in [-0.3, -0.25) is 4.79 Å². The van der Waals surface area contributed by atoms with Crippen molar-refractivity contribution >= 4 is 22.4 Å². The molecule has 112 valence electrons. The van der Waals surface area contributed by atoms with Crippen molar-refractivity contribution in [1.82, 2.24) is 9.88 Å². The second-order valence-corrected chi connectivity index (χ2v) is 6.17. The number of thiazole rings is 1. The minimum Gasteiger partial charge on any atom is -0.469 e. The van der Waals surface area contributed by atoms with Gasteiger partial charge in [0.05, 0.1) is 25.3 Å². The Bertz CT molecular complexity index is 463. The summed E-state index contributed by atoms with van der Waals surface area (Å²) in [6, 6.07) is 0.261. The zero-order valence-corrected chi connectivity index (χ0v) is 12.9. The average Bonchev–Trinajstić information content (AvgIpc) is 2.95. The zero-order valence-electron chi connectivity index (χ0n) is 12.1. The number of hydrogen-bond acceptors (Lipinski definition) is 7. The fraction of sp³-hybridized carbons (Fsp3) is 0.692. The number of likely N-dealkylation sites (N-methyl/N-ethyl adjacent to an activating group) is 1. The lowest BCUT2D eigenvalue weighted by atomic mass is 10.2. The van der Waals surface area contributed by atoms with E-state index in [1.165, 1.54) is 18.4 Å². The highest BCUT2D eigenvalue weighted by atomic mass is 32.1. The van der Waals surface area contributed by atoms with Gasteiger partial charge in [0.15, 0.2) is 5.13 Å². The van der Waals surface area contributed by atoms with Gasteiger partial charge in [-0.15, -0.1) is 11.3 Å². The SMILES string of the molecule is COC(=O)Cc1csc(N2CC(O)CC2CN(C)C)n1. The van der Waals surface area contributed by atoms with E-state index in [0.717, 1.165) is 23.8 Å². The number of β-amino-alcohol motifs (C(OH)–C–C–N with tert-alkyl or cyclic N) is 1. The van der Waals surface area contributed by atoms with Crippen LogP contribution in [0, 0.1) is 0 Å². The van der Waals surface area contributed by atoms with Gasteiger partial charge >= 0.3 is 5.97 Å². The maximum Gasteiger partial charge on any atom is 0.311 e. The number of aromatic nitrogens is 1. The first kappa shape index (κ1) is 15.2. The van der Waals surface area contributed by atoms with Crippen LogP contribution in [-0.2, 0) is 16.0 Å². The van der Waals surface area contributed by atoms with E-state index in [4.69, 9.17) is 0 Å². The standard InChI is InChI=1S/C13H21N3O3S/c1-15(2)6-10-5-11(17)7-16(10)13-14-9(8-20-13)4-12(18)19-3/h8,10-11,17H,4-7H2,1-3H3. The Morgan fingerprint density at radius 1 is 1.65 bits per heavy atom. The van der Waals surface area contributed by atoms with Crippen LogP contribution in [0.5, 0.6) is 0 Å². The molecule has 2 unspecified atom stereocenters. The summed E-state index contributed by atoms with van der Waals surface area (Å²) in [6.45, 7) is 1.48. The van der Waals surface area contributed by atoms with E-state index in [1.807, 2.05) is 19.5 Å². The quantitative estimate of drug-likeness (QED) is 0.792. The van der Waals surface area contributed by atoms with Crippen LogP contribution in [-0.4, -0.2) is 67.4 Å². The summed E-state index contributed by atoms with van der Waals surface area (Å²) in [7, 11) is 5.42. The predicted octanol–water partition coefficient (Wildman–Crippen LogP) is 0.360. The molecule has 0 radical (unpaired) electrons. The molecule has 1 saturated heterocycles. The molecular weight excluding hydrogens is 278 g/mol. The summed E-state index contributed by atoms with van der Waals surface area (Å²) in [6.07, 6.45) is 0.638. The van der Waals surface area contributed by atoms with Crippen LogP contribution in [0.25, 0.3) is 0 Å². The third-order valence-corrected chi connectivity index (χ3v) is 4.23. The van der Waals surface area contributed by atoms with Crippen LogP contribution >= 0.6 is 11.3 Å². The Morgan fingerprint density at radius 3 is 3.05 bits per heavy atom. The molecule has 0 saturated carbocycles. The summed E-state index contributed by atoms with van der Waals surface area (Å²) >= 11 is 1.51. The normalized spacial score (nSPS) is 22.6. The molecule has 6 nitrogen and oxygen atoms in total. The van der Waals surface area contributed by atoms with Gasteiger partial charge in [0.25, 0.3) is 0 Å². The highest BCUT2D eigenvalue weighted by Gasteiger charge is 2.33. The number of hydrogen-bond donors (Lipinski definition) is 1. The van der Waals surface area contributed by atoms with Crippen molar-refractivity contribution in [3.8, 4) is 0 Å². The van der Waals surface area contributed by atoms with Gasteiger partial charge in [-0.1, -0.05) is 0 Å². The first-order valence-corrected chi connectivity index (χ1v) is 7.48. The molecule has 1 aliphatic heterocycles. The average molecular weight is 299 g/mol. The number of methoxy groups -OCH3 is 1. The van der Waals surface area contributed by atoms with E-state index in [-0.39, 0.29) is 24.5 Å². The van der Waals surface area contributed by atoms with Gasteiger partial charge in [0.2, 0.25) is 0 Å². The molecule has 0 bridgehead atoms. The van der Waals surface area contributed by atoms with E-state index in [2.05, 4.69) is 19.5 Å². The minimum atomic E-state index is -0.312. The van der Waals surface area contributed by atoms with Crippen molar-refractivity contribution in [2.45, 2.75) is 25.0 Å². The molecule has 0 spiro atoms. The van der Waals surface area contributed by atoms with Crippen LogP contribution in [0.4, 0.5) is 5.13 Å². The fourth-order valence-corrected chi connectivity index (χ4v) is 3.36. The molecule has 1 aromatic rings. The highest BCUT2D eigenvalue weighted by molar-refractivity contribution is 7.13. The number of esters is 1. The molecule has 1 aromatic heterocycles. The van der Waals surface area contributed by atoms with E-state index >= 15 is 0 Å². The van der Waals surface area contributed by atoms with Gasteiger partial charge in [-0.05, 0) is 20.5 Å². The Labute approximate surface area is 123 Å². The van der Waals surface area contributed by atoms with Gasteiger partial charge < -0.3 is 19.6 Å². The van der Waals surface area contributed by atoms with Crippen molar-refractivity contribution < 1.29 is 14.6 Å². The first-order chi connectivity index (χ1) is 9.49. The molecule has 0 amide bonds. The lowest BCUT2D eigenvalue weighted by molar-refractivity contribution is -0.139. The summed E-state index contributed by atoms with van der Waals surface area (Å²) in [4.78, 5) is 20.0. The predicted molar refractivity (Wildman–Crippen MR) is 78.1 cm³/mol. The fourth-order valence-electron chi connectivity index (χ4n) is 2.45. The topological polar surface area (TPSA) is 65.9 Å². The molecular formula is C13H21N3O3S. The van der Waals surface area contributed by atoms with Crippen LogP contribution in [0.15, 0.2) is 5.38 Å². The lowest BCUT2D eigenvalue weighted by Crippen LogP contribution is -2.37. The number of rotatable bonds is 5. The summed E-state index contributed by atoms with van der Waals surface area (Å²) in [5, 5.41) is 12.6. The summed E-state index contributed by atoms with van der Waals surface area (Å²) in [5.74, 6) is -0.284.